The normalized spacial score (nSPS) is 20.2. The SMILES string of the molecule is CNC(=O)CN1CCOCC2(CCCN(Cc3ccc(OC)cc3)C2)C1.O=C(O)C(F)(F)F.O=C(O)C(F)(F)F. The molecule has 10 nitrogen and oxygen atoms in total. The molecule has 40 heavy (non-hydrogen) atoms. The van der Waals surface area contributed by atoms with Crippen LogP contribution in [0.4, 0.5) is 26.3 Å². The third-order valence-electron chi connectivity index (χ3n) is 5.96. The van der Waals surface area contributed by atoms with E-state index in [-0.39, 0.29) is 11.3 Å². The molecule has 2 saturated heterocycles. The van der Waals surface area contributed by atoms with Crippen molar-refractivity contribution in [1.29, 1.82) is 0 Å². The maximum absolute atomic E-state index is 11.8. The number of carbonyl (C=O) groups is 3. The highest BCUT2D eigenvalue weighted by Gasteiger charge is 2.40. The predicted octanol–water partition coefficient (Wildman–Crippen LogP) is 2.62. The second-order valence-electron chi connectivity index (χ2n) is 9.20. The van der Waals surface area contributed by atoms with E-state index in [4.69, 9.17) is 29.3 Å². The highest BCUT2D eigenvalue weighted by atomic mass is 19.4. The number of amides is 1. The maximum atomic E-state index is 11.8. The third-order valence-corrected chi connectivity index (χ3v) is 5.96. The minimum absolute atomic E-state index is 0.0768. The smallest absolute Gasteiger partial charge is 0.490 e. The van der Waals surface area contributed by atoms with Gasteiger partial charge in [0, 0.05) is 38.6 Å². The topological polar surface area (TPSA) is 129 Å². The summed E-state index contributed by atoms with van der Waals surface area (Å²) in [6, 6.07) is 8.33. The molecule has 2 aliphatic rings. The van der Waals surface area contributed by atoms with Crippen LogP contribution in [-0.4, -0.2) is 110 Å². The van der Waals surface area contributed by atoms with Gasteiger partial charge in [0.1, 0.15) is 5.75 Å². The average Bonchev–Trinajstić information content (AvgIpc) is 3.05. The first-order valence-electron chi connectivity index (χ1n) is 12.0. The Balaban J connectivity index is 0.000000473. The van der Waals surface area contributed by atoms with Crippen LogP contribution in [0.1, 0.15) is 18.4 Å². The van der Waals surface area contributed by atoms with Crippen LogP contribution in [-0.2, 0) is 25.7 Å². The number of benzene rings is 1. The van der Waals surface area contributed by atoms with Gasteiger partial charge in [-0.2, -0.15) is 26.3 Å². The van der Waals surface area contributed by atoms with Crippen LogP contribution < -0.4 is 10.1 Å². The monoisotopic (exact) mass is 589 g/mol. The summed E-state index contributed by atoms with van der Waals surface area (Å²) < 4.78 is 74.7. The molecule has 2 aliphatic heterocycles. The minimum Gasteiger partial charge on any atom is -0.497 e. The zero-order valence-electron chi connectivity index (χ0n) is 22.0. The van der Waals surface area contributed by atoms with Gasteiger partial charge in [-0.25, -0.2) is 9.59 Å². The highest BCUT2D eigenvalue weighted by molar-refractivity contribution is 5.77. The van der Waals surface area contributed by atoms with Gasteiger partial charge in [-0.05, 0) is 37.1 Å². The second-order valence-corrected chi connectivity index (χ2v) is 9.20. The molecule has 0 aliphatic carbocycles. The number of carboxylic acids is 2. The molecule has 3 N–H and O–H groups in total. The molecule has 1 atom stereocenters. The van der Waals surface area contributed by atoms with Crippen molar-refractivity contribution < 1.29 is 60.4 Å². The summed E-state index contributed by atoms with van der Waals surface area (Å²) in [5.41, 5.74) is 1.43. The molecule has 1 amide bonds. The summed E-state index contributed by atoms with van der Waals surface area (Å²) in [6.45, 7) is 6.79. The van der Waals surface area contributed by atoms with E-state index >= 15 is 0 Å². The van der Waals surface area contributed by atoms with Crippen LogP contribution in [0, 0.1) is 5.41 Å². The molecule has 0 radical (unpaired) electrons. The van der Waals surface area contributed by atoms with E-state index < -0.39 is 24.3 Å². The Labute approximate surface area is 226 Å². The number of hydrogen-bond donors (Lipinski definition) is 3. The number of piperidine rings is 1. The van der Waals surface area contributed by atoms with Gasteiger partial charge in [0.2, 0.25) is 5.91 Å². The summed E-state index contributed by atoms with van der Waals surface area (Å²) in [5, 5.41) is 17.0. The number of carbonyl (C=O) groups excluding carboxylic acids is 1. The Kier molecular flexibility index (Phi) is 13.6. The lowest BCUT2D eigenvalue weighted by molar-refractivity contribution is -0.193. The second kappa shape index (κ2) is 15.6. The van der Waals surface area contributed by atoms with Crippen LogP contribution in [0.15, 0.2) is 24.3 Å². The van der Waals surface area contributed by atoms with Gasteiger partial charge >= 0.3 is 24.3 Å². The lowest BCUT2D eigenvalue weighted by Crippen LogP contribution is -2.51. The third kappa shape index (κ3) is 12.8. The molecule has 0 bridgehead atoms. The van der Waals surface area contributed by atoms with E-state index in [9.17, 15) is 31.1 Å². The van der Waals surface area contributed by atoms with Crippen molar-refractivity contribution in [3.05, 3.63) is 29.8 Å². The van der Waals surface area contributed by atoms with Crippen molar-refractivity contribution in [2.24, 2.45) is 5.41 Å². The van der Waals surface area contributed by atoms with Crippen molar-refractivity contribution in [2.45, 2.75) is 31.7 Å². The fourth-order valence-corrected chi connectivity index (χ4v) is 4.18. The Morgan fingerprint density at radius 3 is 1.98 bits per heavy atom. The van der Waals surface area contributed by atoms with Gasteiger partial charge in [-0.1, -0.05) is 12.1 Å². The average molecular weight is 590 g/mol. The van der Waals surface area contributed by atoms with E-state index in [2.05, 4.69) is 27.2 Å². The Morgan fingerprint density at radius 1 is 0.975 bits per heavy atom. The minimum atomic E-state index is -5.08. The number of hydrogen-bond acceptors (Lipinski definition) is 7. The number of nitrogens with zero attached hydrogens (tertiary/aromatic N) is 2. The molecular formula is C24H33F6N3O7. The van der Waals surface area contributed by atoms with Gasteiger partial charge < -0.3 is 25.0 Å². The number of alkyl halides is 6. The molecule has 228 valence electrons. The summed E-state index contributed by atoms with van der Waals surface area (Å²) in [7, 11) is 3.39. The first-order chi connectivity index (χ1) is 18.5. The summed E-state index contributed by atoms with van der Waals surface area (Å²) in [6.07, 6.45) is -7.83. The molecule has 3 rings (SSSR count). The predicted molar refractivity (Wildman–Crippen MR) is 129 cm³/mol. The van der Waals surface area contributed by atoms with E-state index in [1.165, 1.54) is 12.0 Å². The number of likely N-dealkylation sites (tertiary alicyclic amines) is 1. The van der Waals surface area contributed by atoms with Crippen molar-refractivity contribution in [2.75, 3.05) is 60.1 Å². The summed E-state index contributed by atoms with van der Waals surface area (Å²) >= 11 is 0. The largest absolute Gasteiger partial charge is 0.497 e. The zero-order chi connectivity index (χ0) is 30.6. The summed E-state index contributed by atoms with van der Waals surface area (Å²) in [4.78, 5) is 34.4. The number of aliphatic carboxylic acids is 2. The van der Waals surface area contributed by atoms with Gasteiger partial charge in [0.15, 0.2) is 0 Å². The van der Waals surface area contributed by atoms with E-state index in [1.807, 2.05) is 12.1 Å². The van der Waals surface area contributed by atoms with Crippen molar-refractivity contribution >= 4 is 17.8 Å². The molecule has 2 heterocycles. The molecule has 16 heteroatoms. The molecule has 1 unspecified atom stereocenters. The van der Waals surface area contributed by atoms with Crippen LogP contribution >= 0.6 is 0 Å². The van der Waals surface area contributed by atoms with Crippen LogP contribution in [0.25, 0.3) is 0 Å². The number of nitrogens with one attached hydrogen (secondary N) is 1. The van der Waals surface area contributed by atoms with E-state index in [0.717, 1.165) is 51.5 Å². The van der Waals surface area contributed by atoms with Gasteiger partial charge in [-0.3, -0.25) is 14.6 Å². The number of carboxylic acid groups (broad SMARTS) is 2. The number of rotatable bonds is 5. The number of methoxy groups -OCH3 is 1. The zero-order valence-corrected chi connectivity index (χ0v) is 22.0. The fraction of sp³-hybridized carbons (Fsp3) is 0.625. The number of halogens is 6. The quantitative estimate of drug-likeness (QED) is 0.444. The maximum Gasteiger partial charge on any atom is 0.490 e. The standard InChI is InChI=1S/C20H31N3O3.2C2HF3O2/c1-21-19(24)13-23-10-11-26-16-20(15-23)8-3-9-22(14-20)12-17-4-6-18(25-2)7-5-17;2*3-2(4,5)1(6)7/h4-7H,3,8-16H2,1-2H3,(H,21,24);2*(H,6,7). The molecular weight excluding hydrogens is 556 g/mol. The van der Waals surface area contributed by atoms with Crippen molar-refractivity contribution in [1.82, 2.24) is 15.1 Å². The fourth-order valence-electron chi connectivity index (χ4n) is 4.18. The Hall–Kier alpha value is -3.11. The lowest BCUT2D eigenvalue weighted by atomic mass is 9.80. The Morgan fingerprint density at radius 2 is 1.50 bits per heavy atom. The van der Waals surface area contributed by atoms with Crippen LogP contribution in [0.5, 0.6) is 5.75 Å². The number of ether oxygens (including phenoxy) is 2. The van der Waals surface area contributed by atoms with Crippen LogP contribution in [0.2, 0.25) is 0 Å². The number of likely N-dealkylation sites (N-methyl/N-ethyl adjacent to an activating group) is 1. The lowest BCUT2D eigenvalue weighted by Gasteiger charge is -2.43. The van der Waals surface area contributed by atoms with Crippen molar-refractivity contribution in [3.8, 4) is 5.75 Å². The van der Waals surface area contributed by atoms with Gasteiger partial charge in [0.05, 0.1) is 26.9 Å². The van der Waals surface area contributed by atoms with Crippen LogP contribution in [0.3, 0.4) is 0 Å². The highest BCUT2D eigenvalue weighted by Crippen LogP contribution is 2.33. The molecule has 1 aromatic carbocycles. The Bertz CT molecular complexity index is 936. The van der Waals surface area contributed by atoms with E-state index in [1.54, 1.807) is 14.2 Å². The van der Waals surface area contributed by atoms with Crippen molar-refractivity contribution in [3.63, 3.8) is 0 Å². The summed E-state index contributed by atoms with van der Waals surface area (Å²) in [5.74, 6) is -4.54. The molecule has 2 fully saturated rings. The molecule has 1 spiro atoms. The molecule has 1 aromatic rings. The molecule has 0 saturated carbocycles. The van der Waals surface area contributed by atoms with Gasteiger partial charge in [0.25, 0.3) is 0 Å². The van der Waals surface area contributed by atoms with E-state index in [0.29, 0.717) is 13.2 Å². The molecule has 0 aromatic heterocycles. The van der Waals surface area contributed by atoms with Gasteiger partial charge in [-0.15, -0.1) is 0 Å². The first kappa shape index (κ1) is 34.9. The first-order valence-corrected chi connectivity index (χ1v) is 12.0.